The molecule has 0 bridgehead atoms. The van der Waals surface area contributed by atoms with Crippen molar-refractivity contribution in [3.05, 3.63) is 29.3 Å². The van der Waals surface area contributed by atoms with Crippen molar-refractivity contribution in [2.24, 2.45) is 0 Å². The van der Waals surface area contributed by atoms with Crippen LogP contribution < -0.4 is 10.2 Å². The van der Waals surface area contributed by atoms with Crippen LogP contribution in [0.4, 0.5) is 5.69 Å². The molecule has 0 spiro atoms. The minimum atomic E-state index is -0.129. The summed E-state index contributed by atoms with van der Waals surface area (Å²) in [5, 5.41) is 12.8. The van der Waals surface area contributed by atoms with E-state index in [-0.39, 0.29) is 12.1 Å². The number of benzene rings is 1. The van der Waals surface area contributed by atoms with Crippen LogP contribution in [0.3, 0.4) is 0 Å². The van der Waals surface area contributed by atoms with Crippen LogP contribution in [-0.2, 0) is 0 Å². The molecule has 94 valence electrons. The van der Waals surface area contributed by atoms with Crippen molar-refractivity contribution >= 4 is 5.69 Å². The highest BCUT2D eigenvalue weighted by Gasteiger charge is 2.36. The first-order valence-corrected chi connectivity index (χ1v) is 6.23. The molecular formula is C14H22N2O. The summed E-state index contributed by atoms with van der Waals surface area (Å²) in [6.45, 7) is 6.40. The predicted molar refractivity (Wildman–Crippen MR) is 71.6 cm³/mol. The molecule has 1 unspecified atom stereocenters. The lowest BCUT2D eigenvalue weighted by Gasteiger charge is -2.28. The second-order valence-electron chi connectivity index (χ2n) is 5.08. The normalized spacial score (nSPS) is 24.4. The van der Waals surface area contributed by atoms with Gasteiger partial charge in [-0.2, -0.15) is 0 Å². The summed E-state index contributed by atoms with van der Waals surface area (Å²) < 4.78 is 0. The predicted octanol–water partition coefficient (Wildman–Crippen LogP) is 1.46. The molecule has 2 rings (SSSR count). The second-order valence-corrected chi connectivity index (χ2v) is 5.08. The standard InChI is InChI=1S/C14H22N2O/c1-11-5-4-6-13(12(11)2)16-8-7-14(9-16,10-17)15-3/h4-6,15,17H,7-10H2,1-3H3. The third kappa shape index (κ3) is 2.17. The molecular weight excluding hydrogens is 212 g/mol. The van der Waals surface area contributed by atoms with Gasteiger partial charge in [-0.15, -0.1) is 0 Å². The molecule has 2 N–H and O–H groups in total. The van der Waals surface area contributed by atoms with Gasteiger partial charge >= 0.3 is 0 Å². The Morgan fingerprint density at radius 2 is 2.18 bits per heavy atom. The van der Waals surface area contributed by atoms with Gasteiger partial charge in [-0.05, 0) is 44.5 Å². The number of aliphatic hydroxyl groups is 1. The molecule has 1 aromatic carbocycles. The van der Waals surface area contributed by atoms with E-state index in [9.17, 15) is 5.11 Å². The number of aliphatic hydroxyl groups excluding tert-OH is 1. The van der Waals surface area contributed by atoms with E-state index < -0.39 is 0 Å². The lowest BCUT2D eigenvalue weighted by atomic mass is 10.0. The number of nitrogens with one attached hydrogen (secondary N) is 1. The lowest BCUT2D eigenvalue weighted by molar-refractivity contribution is 0.184. The average molecular weight is 234 g/mol. The molecule has 0 aliphatic carbocycles. The van der Waals surface area contributed by atoms with Gasteiger partial charge in [0.15, 0.2) is 0 Å². The summed E-state index contributed by atoms with van der Waals surface area (Å²) >= 11 is 0. The molecule has 1 aliphatic rings. The fraction of sp³-hybridized carbons (Fsp3) is 0.571. The van der Waals surface area contributed by atoms with E-state index in [0.717, 1.165) is 19.5 Å². The van der Waals surface area contributed by atoms with Gasteiger partial charge in [0.2, 0.25) is 0 Å². The van der Waals surface area contributed by atoms with Crippen molar-refractivity contribution in [3.63, 3.8) is 0 Å². The minimum absolute atomic E-state index is 0.129. The van der Waals surface area contributed by atoms with Crippen molar-refractivity contribution in [1.82, 2.24) is 5.32 Å². The summed E-state index contributed by atoms with van der Waals surface area (Å²) in [6.07, 6.45) is 0.993. The smallest absolute Gasteiger partial charge is 0.0631 e. The van der Waals surface area contributed by atoms with E-state index in [1.807, 2.05) is 7.05 Å². The van der Waals surface area contributed by atoms with Crippen LogP contribution in [0.5, 0.6) is 0 Å². The summed E-state index contributed by atoms with van der Waals surface area (Å²) in [7, 11) is 1.93. The summed E-state index contributed by atoms with van der Waals surface area (Å²) in [4.78, 5) is 2.37. The molecule has 3 heteroatoms. The maximum Gasteiger partial charge on any atom is 0.0631 e. The Morgan fingerprint density at radius 1 is 1.41 bits per heavy atom. The highest BCUT2D eigenvalue weighted by atomic mass is 16.3. The van der Waals surface area contributed by atoms with Crippen LogP contribution in [0, 0.1) is 13.8 Å². The molecule has 17 heavy (non-hydrogen) atoms. The number of rotatable bonds is 3. The van der Waals surface area contributed by atoms with Gasteiger partial charge in [-0.25, -0.2) is 0 Å². The van der Waals surface area contributed by atoms with Crippen molar-refractivity contribution in [3.8, 4) is 0 Å². The van der Waals surface area contributed by atoms with Gasteiger partial charge < -0.3 is 15.3 Å². The van der Waals surface area contributed by atoms with Crippen LogP contribution in [0.25, 0.3) is 0 Å². The van der Waals surface area contributed by atoms with Gasteiger partial charge in [-0.3, -0.25) is 0 Å². The highest BCUT2D eigenvalue weighted by molar-refractivity contribution is 5.57. The Kier molecular flexibility index (Phi) is 3.40. The van der Waals surface area contributed by atoms with E-state index in [1.54, 1.807) is 0 Å². The van der Waals surface area contributed by atoms with E-state index in [0.29, 0.717) is 0 Å². The second kappa shape index (κ2) is 4.67. The van der Waals surface area contributed by atoms with Gasteiger partial charge in [0.25, 0.3) is 0 Å². The molecule has 0 saturated carbocycles. The zero-order valence-corrected chi connectivity index (χ0v) is 11.0. The van der Waals surface area contributed by atoms with E-state index in [4.69, 9.17) is 0 Å². The van der Waals surface area contributed by atoms with Gasteiger partial charge in [0, 0.05) is 18.8 Å². The quantitative estimate of drug-likeness (QED) is 0.831. The number of likely N-dealkylation sites (N-methyl/N-ethyl adjacent to an activating group) is 1. The van der Waals surface area contributed by atoms with Crippen LogP contribution in [0.15, 0.2) is 18.2 Å². The first-order chi connectivity index (χ1) is 8.12. The SMILES string of the molecule is CNC1(CO)CCN(c2cccc(C)c2C)C1. The zero-order chi connectivity index (χ0) is 12.5. The highest BCUT2D eigenvalue weighted by Crippen LogP contribution is 2.29. The molecule has 1 aliphatic heterocycles. The van der Waals surface area contributed by atoms with Crippen LogP contribution >= 0.6 is 0 Å². The average Bonchev–Trinajstić information content (AvgIpc) is 2.78. The Morgan fingerprint density at radius 3 is 2.76 bits per heavy atom. The summed E-state index contributed by atoms with van der Waals surface area (Å²) in [6, 6.07) is 6.42. The third-order valence-electron chi connectivity index (χ3n) is 4.10. The molecule has 1 aromatic rings. The molecule has 1 heterocycles. The Bertz CT molecular complexity index is 399. The molecule has 0 radical (unpaired) electrons. The Balaban J connectivity index is 2.23. The maximum atomic E-state index is 9.52. The first-order valence-electron chi connectivity index (χ1n) is 6.23. The molecule has 0 aromatic heterocycles. The van der Waals surface area contributed by atoms with Gasteiger partial charge in [-0.1, -0.05) is 12.1 Å². The first kappa shape index (κ1) is 12.4. The van der Waals surface area contributed by atoms with Crippen molar-refractivity contribution < 1.29 is 5.11 Å². The number of anilines is 1. The zero-order valence-electron chi connectivity index (χ0n) is 11.0. The van der Waals surface area contributed by atoms with Gasteiger partial charge in [0.05, 0.1) is 12.1 Å². The molecule has 0 amide bonds. The number of aryl methyl sites for hydroxylation is 1. The van der Waals surface area contributed by atoms with E-state index in [1.165, 1.54) is 16.8 Å². The minimum Gasteiger partial charge on any atom is -0.394 e. The number of hydrogen-bond donors (Lipinski definition) is 2. The van der Waals surface area contributed by atoms with E-state index in [2.05, 4.69) is 42.3 Å². The summed E-state index contributed by atoms with van der Waals surface area (Å²) in [5.74, 6) is 0. The molecule has 3 nitrogen and oxygen atoms in total. The number of nitrogens with zero attached hydrogens (tertiary/aromatic N) is 1. The monoisotopic (exact) mass is 234 g/mol. The fourth-order valence-electron chi connectivity index (χ4n) is 2.57. The number of hydrogen-bond acceptors (Lipinski definition) is 3. The summed E-state index contributed by atoms with van der Waals surface area (Å²) in [5.41, 5.74) is 3.84. The topological polar surface area (TPSA) is 35.5 Å². The largest absolute Gasteiger partial charge is 0.394 e. The van der Waals surface area contributed by atoms with Crippen molar-refractivity contribution in [2.75, 3.05) is 31.6 Å². The molecule has 1 fully saturated rings. The lowest BCUT2D eigenvalue weighted by Crippen LogP contribution is -2.48. The van der Waals surface area contributed by atoms with Crippen molar-refractivity contribution in [1.29, 1.82) is 0 Å². The fourth-order valence-corrected chi connectivity index (χ4v) is 2.57. The van der Waals surface area contributed by atoms with Crippen LogP contribution in [0.1, 0.15) is 17.5 Å². The van der Waals surface area contributed by atoms with E-state index >= 15 is 0 Å². The van der Waals surface area contributed by atoms with Crippen LogP contribution in [0.2, 0.25) is 0 Å². The van der Waals surface area contributed by atoms with Crippen molar-refractivity contribution in [2.45, 2.75) is 25.8 Å². The molecule has 1 atom stereocenters. The van der Waals surface area contributed by atoms with Crippen LogP contribution in [-0.4, -0.2) is 37.4 Å². The molecule has 1 saturated heterocycles. The third-order valence-corrected chi connectivity index (χ3v) is 4.10. The Hall–Kier alpha value is -1.06. The maximum absolute atomic E-state index is 9.52. The van der Waals surface area contributed by atoms with Gasteiger partial charge in [0.1, 0.15) is 0 Å². The Labute approximate surface area is 103 Å².